The van der Waals surface area contributed by atoms with Gasteiger partial charge in [-0.2, -0.15) is 13.2 Å². The van der Waals surface area contributed by atoms with Crippen molar-refractivity contribution in [2.24, 2.45) is 11.8 Å². The first kappa shape index (κ1) is 22.9. The normalized spacial score (nSPS) is 29.1. The molecule has 1 fully saturated rings. The molecule has 1 aromatic rings. The van der Waals surface area contributed by atoms with Crippen LogP contribution in [0.1, 0.15) is 43.4 Å². The maximum atomic E-state index is 13.4. The van der Waals surface area contributed by atoms with E-state index in [1.165, 1.54) is 13.0 Å². The quantitative estimate of drug-likeness (QED) is 0.570. The standard InChI is InChI=1S/C24H30F3N3O2/c1-15(31)29-12-11-28-14-18-8-9-19-22(16-5-3-2-4-6-16)30-21-10-7-17(24(25,26)27)13-20(21)23(19)32-18/h2-5,7,10,13,16,18-19,22-23,28,30H,6,8-9,11-12,14H2,1H3,(H,29,31)/t16?,18-,19+,22+,23+/m1/s1. The lowest BCUT2D eigenvalue weighted by molar-refractivity contribution is -0.138. The molecule has 4 rings (SSSR count). The molecular weight excluding hydrogens is 419 g/mol. The molecule has 1 aliphatic carbocycles. The van der Waals surface area contributed by atoms with Crippen molar-refractivity contribution in [1.29, 1.82) is 0 Å². The number of amides is 1. The van der Waals surface area contributed by atoms with Crippen molar-refractivity contribution < 1.29 is 22.7 Å². The summed E-state index contributed by atoms with van der Waals surface area (Å²) in [6, 6.07) is 4.05. The van der Waals surface area contributed by atoms with E-state index >= 15 is 0 Å². The molecule has 0 saturated carbocycles. The smallest absolute Gasteiger partial charge is 0.381 e. The van der Waals surface area contributed by atoms with Gasteiger partial charge in [-0.3, -0.25) is 4.79 Å². The number of allylic oxidation sites excluding steroid dienone is 3. The number of alkyl halides is 3. The van der Waals surface area contributed by atoms with Gasteiger partial charge in [0.15, 0.2) is 0 Å². The fourth-order valence-corrected chi connectivity index (χ4v) is 5.00. The van der Waals surface area contributed by atoms with Gasteiger partial charge in [-0.05, 0) is 37.5 Å². The largest absolute Gasteiger partial charge is 0.416 e. The van der Waals surface area contributed by atoms with Gasteiger partial charge >= 0.3 is 6.18 Å². The minimum absolute atomic E-state index is 0.0759. The topological polar surface area (TPSA) is 62.4 Å². The van der Waals surface area contributed by atoms with Gasteiger partial charge < -0.3 is 20.7 Å². The zero-order valence-electron chi connectivity index (χ0n) is 18.1. The maximum Gasteiger partial charge on any atom is 0.416 e. The molecule has 1 unspecified atom stereocenters. The van der Waals surface area contributed by atoms with E-state index in [4.69, 9.17) is 4.74 Å². The number of fused-ring (bicyclic) bond motifs is 3. The third kappa shape index (κ3) is 5.18. The highest BCUT2D eigenvalue weighted by atomic mass is 19.4. The summed E-state index contributed by atoms with van der Waals surface area (Å²) in [5.41, 5.74) is 0.681. The van der Waals surface area contributed by atoms with Gasteiger partial charge in [0, 0.05) is 55.7 Å². The van der Waals surface area contributed by atoms with E-state index in [1.807, 2.05) is 12.2 Å². The molecule has 8 heteroatoms. The predicted molar refractivity (Wildman–Crippen MR) is 117 cm³/mol. The lowest BCUT2D eigenvalue weighted by atomic mass is 9.73. The van der Waals surface area contributed by atoms with Gasteiger partial charge in [0.2, 0.25) is 5.91 Å². The van der Waals surface area contributed by atoms with Crippen LogP contribution in [0.4, 0.5) is 18.9 Å². The number of hydrogen-bond acceptors (Lipinski definition) is 4. The van der Waals surface area contributed by atoms with Crippen molar-refractivity contribution in [3.63, 3.8) is 0 Å². The predicted octanol–water partition coefficient (Wildman–Crippen LogP) is 4.19. The summed E-state index contributed by atoms with van der Waals surface area (Å²) in [6.45, 7) is 3.22. The fraction of sp³-hybridized carbons (Fsp3) is 0.542. The van der Waals surface area contributed by atoms with Crippen LogP contribution in [0.3, 0.4) is 0 Å². The average molecular weight is 450 g/mol. The Morgan fingerprint density at radius 2 is 2.06 bits per heavy atom. The van der Waals surface area contributed by atoms with E-state index in [0.29, 0.717) is 25.2 Å². The second-order valence-electron chi connectivity index (χ2n) is 8.79. The number of ether oxygens (including phenoxy) is 1. The molecule has 5 atom stereocenters. The Bertz CT molecular complexity index is 884. The molecule has 3 aliphatic rings. The molecule has 2 aliphatic heterocycles. The van der Waals surface area contributed by atoms with Crippen LogP contribution in [0, 0.1) is 11.8 Å². The summed E-state index contributed by atoms with van der Waals surface area (Å²) in [5, 5.41) is 9.56. The third-order valence-corrected chi connectivity index (χ3v) is 6.54. The number of carbonyl (C=O) groups excluding carboxylic acids is 1. The number of rotatable bonds is 6. The molecule has 0 spiro atoms. The molecule has 1 amide bonds. The van der Waals surface area contributed by atoms with E-state index in [-0.39, 0.29) is 36.0 Å². The van der Waals surface area contributed by atoms with Crippen LogP contribution in [0.25, 0.3) is 0 Å². The first-order chi connectivity index (χ1) is 15.3. The van der Waals surface area contributed by atoms with Crippen LogP contribution >= 0.6 is 0 Å². The van der Waals surface area contributed by atoms with Crippen molar-refractivity contribution in [2.75, 3.05) is 25.0 Å². The van der Waals surface area contributed by atoms with E-state index in [0.717, 1.165) is 31.0 Å². The number of carbonyl (C=O) groups is 1. The van der Waals surface area contributed by atoms with Gasteiger partial charge in [-0.1, -0.05) is 24.3 Å². The van der Waals surface area contributed by atoms with Crippen LogP contribution in [0.2, 0.25) is 0 Å². The summed E-state index contributed by atoms with van der Waals surface area (Å²) >= 11 is 0. The van der Waals surface area contributed by atoms with Gasteiger partial charge in [-0.25, -0.2) is 0 Å². The second-order valence-corrected chi connectivity index (χ2v) is 8.79. The summed E-state index contributed by atoms with van der Waals surface area (Å²) in [4.78, 5) is 11.0. The maximum absolute atomic E-state index is 13.4. The molecule has 0 aromatic heterocycles. The minimum atomic E-state index is -4.39. The Balaban J connectivity index is 1.52. The molecule has 32 heavy (non-hydrogen) atoms. The lowest BCUT2D eigenvalue weighted by Gasteiger charge is -2.47. The van der Waals surface area contributed by atoms with Crippen molar-refractivity contribution in [3.05, 3.63) is 53.6 Å². The molecule has 2 heterocycles. The zero-order chi connectivity index (χ0) is 22.7. The SMILES string of the molecule is CC(=O)NCCNC[C@H]1CC[C@@H]2[C@H](O1)c1cc(C(F)(F)F)ccc1N[C@H]2C1C=CC=CC1. The number of benzene rings is 1. The highest BCUT2D eigenvalue weighted by molar-refractivity contribution is 5.72. The Morgan fingerprint density at radius 3 is 2.78 bits per heavy atom. The van der Waals surface area contributed by atoms with Crippen LogP contribution in [-0.4, -0.2) is 37.7 Å². The van der Waals surface area contributed by atoms with Crippen LogP contribution in [0.5, 0.6) is 0 Å². The van der Waals surface area contributed by atoms with Crippen LogP contribution in [0.15, 0.2) is 42.5 Å². The molecule has 1 aromatic carbocycles. The number of anilines is 1. The Morgan fingerprint density at radius 1 is 1.22 bits per heavy atom. The summed E-state index contributed by atoms with van der Waals surface area (Å²) in [7, 11) is 0. The summed E-state index contributed by atoms with van der Waals surface area (Å²) in [5.74, 6) is 0.301. The first-order valence-electron chi connectivity index (χ1n) is 11.2. The highest BCUT2D eigenvalue weighted by Gasteiger charge is 2.44. The number of halogens is 3. The number of nitrogens with one attached hydrogen (secondary N) is 3. The lowest BCUT2D eigenvalue weighted by Crippen LogP contribution is -2.48. The molecule has 174 valence electrons. The zero-order valence-corrected chi connectivity index (χ0v) is 18.1. The molecule has 3 N–H and O–H groups in total. The second kappa shape index (κ2) is 9.67. The van der Waals surface area contributed by atoms with Crippen LogP contribution < -0.4 is 16.0 Å². The fourth-order valence-electron chi connectivity index (χ4n) is 5.00. The van der Waals surface area contributed by atoms with Crippen molar-refractivity contribution >= 4 is 11.6 Å². The van der Waals surface area contributed by atoms with Crippen LogP contribution in [-0.2, 0) is 15.7 Å². The van der Waals surface area contributed by atoms with Gasteiger partial charge in [0.25, 0.3) is 0 Å². The van der Waals surface area contributed by atoms with Gasteiger partial charge in [0.1, 0.15) is 0 Å². The average Bonchev–Trinajstić information content (AvgIpc) is 2.77. The molecular formula is C24H30F3N3O2. The number of hydrogen-bond donors (Lipinski definition) is 3. The molecule has 5 nitrogen and oxygen atoms in total. The van der Waals surface area contributed by atoms with E-state index < -0.39 is 11.7 Å². The van der Waals surface area contributed by atoms with Crippen molar-refractivity contribution in [1.82, 2.24) is 10.6 Å². The van der Waals surface area contributed by atoms with Gasteiger partial charge in [0.05, 0.1) is 17.8 Å². The molecule has 1 saturated heterocycles. The third-order valence-electron chi connectivity index (χ3n) is 6.54. The Labute approximate surface area is 186 Å². The monoisotopic (exact) mass is 449 g/mol. The molecule has 0 bridgehead atoms. The van der Waals surface area contributed by atoms with E-state index in [2.05, 4.69) is 28.1 Å². The van der Waals surface area contributed by atoms with E-state index in [1.54, 1.807) is 6.07 Å². The Kier molecular flexibility index (Phi) is 6.90. The van der Waals surface area contributed by atoms with Crippen molar-refractivity contribution in [3.8, 4) is 0 Å². The van der Waals surface area contributed by atoms with Crippen molar-refractivity contribution in [2.45, 2.75) is 50.6 Å². The summed E-state index contributed by atoms with van der Waals surface area (Å²) < 4.78 is 46.6. The minimum Gasteiger partial charge on any atom is -0.381 e. The molecule has 0 radical (unpaired) electrons. The first-order valence-corrected chi connectivity index (χ1v) is 11.2. The summed E-state index contributed by atoms with van der Waals surface area (Å²) in [6.07, 6.45) is 6.15. The van der Waals surface area contributed by atoms with E-state index in [9.17, 15) is 18.0 Å². The van der Waals surface area contributed by atoms with Gasteiger partial charge in [-0.15, -0.1) is 0 Å². The Hall–Kier alpha value is -2.32. The highest BCUT2D eigenvalue weighted by Crippen LogP contribution is 2.49.